The molecular formula is C13H30OSn. The summed E-state index contributed by atoms with van der Waals surface area (Å²) in [6, 6.07) is 0. The van der Waals surface area contributed by atoms with Gasteiger partial charge in [-0.15, -0.1) is 0 Å². The molecule has 15 heavy (non-hydrogen) atoms. The molecule has 2 heteroatoms. The Bertz CT molecular complexity index is 120. The molecule has 0 rings (SSSR count). The van der Waals surface area contributed by atoms with Crippen molar-refractivity contribution in [2.75, 3.05) is 6.61 Å². The van der Waals surface area contributed by atoms with Crippen LogP contribution in [-0.2, 0) is 3.07 Å². The van der Waals surface area contributed by atoms with E-state index < -0.39 is 18.8 Å². The molecule has 0 radical (unpaired) electrons. The molecule has 0 aliphatic rings. The summed E-state index contributed by atoms with van der Waals surface area (Å²) in [7, 11) is 0. The molecule has 0 spiro atoms. The Morgan fingerprint density at radius 2 is 1.33 bits per heavy atom. The van der Waals surface area contributed by atoms with Gasteiger partial charge in [0.15, 0.2) is 0 Å². The summed E-state index contributed by atoms with van der Waals surface area (Å²) in [5.41, 5.74) is 0. The van der Waals surface area contributed by atoms with Crippen molar-refractivity contribution < 1.29 is 3.07 Å². The van der Waals surface area contributed by atoms with Gasteiger partial charge in [-0.05, 0) is 0 Å². The summed E-state index contributed by atoms with van der Waals surface area (Å²) in [5, 5.41) is 0. The Morgan fingerprint density at radius 1 is 0.733 bits per heavy atom. The van der Waals surface area contributed by atoms with Crippen LogP contribution < -0.4 is 0 Å². The maximum atomic E-state index is 6.37. The van der Waals surface area contributed by atoms with Crippen molar-refractivity contribution in [2.45, 2.75) is 73.1 Å². The minimum atomic E-state index is -2.13. The summed E-state index contributed by atoms with van der Waals surface area (Å²) in [6.45, 7) is 10.2. The summed E-state index contributed by atoms with van der Waals surface area (Å²) in [6.07, 6.45) is 6.60. The summed E-state index contributed by atoms with van der Waals surface area (Å²) >= 11 is -2.13. The molecule has 0 unspecified atom stereocenters. The quantitative estimate of drug-likeness (QED) is 0.516. The second-order valence-corrected chi connectivity index (χ2v) is 16.5. The van der Waals surface area contributed by atoms with E-state index in [0.29, 0.717) is 0 Å². The zero-order valence-electron chi connectivity index (χ0n) is 11.3. The first-order valence-corrected chi connectivity index (χ1v) is 14.1. The summed E-state index contributed by atoms with van der Waals surface area (Å²) in [5.74, 6) is 0. The van der Waals surface area contributed by atoms with Crippen LogP contribution in [0.2, 0.25) is 13.3 Å². The zero-order chi connectivity index (χ0) is 11.6. The fourth-order valence-electron chi connectivity index (χ4n) is 2.32. The van der Waals surface area contributed by atoms with Crippen LogP contribution in [0.15, 0.2) is 0 Å². The van der Waals surface area contributed by atoms with E-state index in [2.05, 4.69) is 27.7 Å². The van der Waals surface area contributed by atoms with Gasteiger partial charge >= 0.3 is 102 Å². The average Bonchev–Trinajstić information content (AvgIpc) is 2.24. The van der Waals surface area contributed by atoms with Crippen molar-refractivity contribution >= 4 is 18.8 Å². The van der Waals surface area contributed by atoms with Crippen molar-refractivity contribution in [3.63, 3.8) is 0 Å². The van der Waals surface area contributed by atoms with Crippen molar-refractivity contribution in [1.82, 2.24) is 0 Å². The monoisotopic (exact) mass is 322 g/mol. The topological polar surface area (TPSA) is 9.23 Å². The molecule has 92 valence electrons. The second kappa shape index (κ2) is 9.95. The summed E-state index contributed by atoms with van der Waals surface area (Å²) < 4.78 is 10.7. The molecule has 0 aromatic carbocycles. The average molecular weight is 321 g/mol. The van der Waals surface area contributed by atoms with E-state index in [1.54, 1.807) is 0 Å². The molecule has 0 aliphatic heterocycles. The number of hydrogen-bond donors (Lipinski definition) is 0. The third kappa shape index (κ3) is 6.83. The number of rotatable bonds is 10. The predicted molar refractivity (Wildman–Crippen MR) is 71.9 cm³/mol. The van der Waals surface area contributed by atoms with Crippen LogP contribution in [0.3, 0.4) is 0 Å². The molecule has 0 atom stereocenters. The molecule has 0 amide bonds. The van der Waals surface area contributed by atoms with Gasteiger partial charge in [0.1, 0.15) is 0 Å². The van der Waals surface area contributed by atoms with Crippen LogP contribution in [0.4, 0.5) is 0 Å². The number of unbranched alkanes of at least 4 members (excludes halogenated alkanes) is 1. The van der Waals surface area contributed by atoms with Crippen LogP contribution in [0.1, 0.15) is 59.8 Å². The number of hydrogen-bond acceptors (Lipinski definition) is 1. The zero-order valence-corrected chi connectivity index (χ0v) is 14.1. The van der Waals surface area contributed by atoms with Gasteiger partial charge in [0.2, 0.25) is 0 Å². The third-order valence-electron chi connectivity index (χ3n) is 3.01. The molecule has 0 bridgehead atoms. The predicted octanol–water partition coefficient (Wildman–Crippen LogP) is 4.98. The van der Waals surface area contributed by atoms with E-state index in [9.17, 15) is 0 Å². The summed E-state index contributed by atoms with van der Waals surface area (Å²) in [4.78, 5) is 0. The molecule has 0 N–H and O–H groups in total. The standard InChI is InChI=1S/C4H9.C3H7O.2C3H7.Sn/c1-3-4-2;1-2-3-4;2*1-3-2;/h1,3-4H2,2H3;2-3H2,1H3;2*1,3H2,2H3;/q;-1;;;+1. The van der Waals surface area contributed by atoms with Crippen LogP contribution in [0.25, 0.3) is 0 Å². The first-order chi connectivity index (χ1) is 7.24. The van der Waals surface area contributed by atoms with E-state index in [1.165, 1.54) is 45.4 Å². The van der Waals surface area contributed by atoms with E-state index in [1.807, 2.05) is 0 Å². The van der Waals surface area contributed by atoms with Crippen molar-refractivity contribution in [1.29, 1.82) is 0 Å². The maximum absolute atomic E-state index is 6.37. The minimum absolute atomic E-state index is 1.03. The van der Waals surface area contributed by atoms with Crippen LogP contribution in [-0.4, -0.2) is 25.4 Å². The third-order valence-corrected chi connectivity index (χ3v) is 17.0. The molecule has 0 saturated heterocycles. The second-order valence-electron chi connectivity index (χ2n) is 4.64. The van der Waals surface area contributed by atoms with E-state index in [0.717, 1.165) is 6.61 Å². The fourth-order valence-corrected chi connectivity index (χ4v) is 15.6. The molecule has 0 aromatic heterocycles. The van der Waals surface area contributed by atoms with Gasteiger partial charge in [0, 0.05) is 0 Å². The Labute approximate surface area is 101 Å². The fraction of sp³-hybridized carbons (Fsp3) is 1.00. The van der Waals surface area contributed by atoms with Gasteiger partial charge < -0.3 is 0 Å². The van der Waals surface area contributed by atoms with Gasteiger partial charge in [-0.3, -0.25) is 0 Å². The van der Waals surface area contributed by atoms with Crippen LogP contribution in [0, 0.1) is 0 Å². The Morgan fingerprint density at radius 3 is 1.73 bits per heavy atom. The molecule has 0 aliphatic carbocycles. The molecule has 0 aromatic rings. The first-order valence-electron chi connectivity index (χ1n) is 6.88. The van der Waals surface area contributed by atoms with E-state index in [4.69, 9.17) is 3.07 Å². The van der Waals surface area contributed by atoms with Crippen molar-refractivity contribution in [3.05, 3.63) is 0 Å². The van der Waals surface area contributed by atoms with Gasteiger partial charge in [-0.1, -0.05) is 0 Å². The molecule has 0 heterocycles. The Hall–Kier alpha value is 0.759. The van der Waals surface area contributed by atoms with Gasteiger partial charge in [-0.2, -0.15) is 0 Å². The molecular weight excluding hydrogens is 291 g/mol. The Kier molecular flexibility index (Phi) is 10.5. The van der Waals surface area contributed by atoms with Gasteiger partial charge in [0.05, 0.1) is 0 Å². The van der Waals surface area contributed by atoms with Crippen molar-refractivity contribution in [3.8, 4) is 0 Å². The molecule has 0 saturated carbocycles. The van der Waals surface area contributed by atoms with Gasteiger partial charge in [-0.25, -0.2) is 0 Å². The van der Waals surface area contributed by atoms with Crippen LogP contribution in [0.5, 0.6) is 0 Å². The molecule has 1 nitrogen and oxygen atoms in total. The normalized spacial score (nSPS) is 12.0. The van der Waals surface area contributed by atoms with Crippen LogP contribution >= 0.6 is 0 Å². The Balaban J connectivity index is 4.26. The SMILES string of the molecule is CCC[CH2][Sn]([CH2]CC)([CH2]CC)[O]CCC. The van der Waals surface area contributed by atoms with E-state index in [-0.39, 0.29) is 0 Å². The van der Waals surface area contributed by atoms with Crippen molar-refractivity contribution in [2.24, 2.45) is 0 Å². The molecule has 0 fully saturated rings. The van der Waals surface area contributed by atoms with E-state index >= 15 is 0 Å². The van der Waals surface area contributed by atoms with Gasteiger partial charge in [0.25, 0.3) is 0 Å². The first kappa shape index (κ1) is 15.8.